The zero-order chi connectivity index (χ0) is 18.0. The molecule has 25 heavy (non-hydrogen) atoms. The van der Waals surface area contributed by atoms with Gasteiger partial charge in [0.25, 0.3) is 0 Å². The molecule has 0 aromatic heterocycles. The number of carbonyl (C=O) groups excluding carboxylic acids is 3. The Kier molecular flexibility index (Phi) is 3.20. The number of carbonyl (C=O) groups is 3. The third kappa shape index (κ3) is 1.90. The van der Waals surface area contributed by atoms with Crippen molar-refractivity contribution in [3.8, 4) is 0 Å². The molecule has 3 aliphatic heterocycles. The second kappa shape index (κ2) is 5.00. The van der Waals surface area contributed by atoms with Crippen molar-refractivity contribution < 1.29 is 29.0 Å². The van der Waals surface area contributed by atoms with Gasteiger partial charge in [0.15, 0.2) is 0 Å². The Balaban J connectivity index is 1.77. The van der Waals surface area contributed by atoms with Gasteiger partial charge < -0.3 is 14.6 Å². The lowest BCUT2D eigenvalue weighted by Crippen LogP contribution is -2.43. The number of benzene rings is 1. The van der Waals surface area contributed by atoms with Crippen LogP contribution in [0.15, 0.2) is 36.4 Å². The number of methoxy groups -OCH3 is 1. The lowest BCUT2D eigenvalue weighted by atomic mass is 9.73. The number of fused-ring (bicyclic) bond motifs is 5. The lowest BCUT2D eigenvalue weighted by molar-refractivity contribution is -0.131. The van der Waals surface area contributed by atoms with Gasteiger partial charge in [0.2, 0.25) is 11.8 Å². The highest BCUT2D eigenvalue weighted by Crippen LogP contribution is 2.57. The van der Waals surface area contributed by atoms with E-state index in [0.717, 1.165) is 4.90 Å². The maximum Gasteiger partial charge on any atom is 0.337 e. The molecular formula is C18H17NO6. The molecule has 0 aliphatic carbocycles. The number of hydrogen-bond acceptors (Lipinski definition) is 6. The first-order chi connectivity index (χ1) is 11.9. The average Bonchev–Trinajstić information content (AvgIpc) is 3.20. The number of ether oxygens (including phenoxy) is 2. The summed E-state index contributed by atoms with van der Waals surface area (Å²) < 4.78 is 10.5. The zero-order valence-electron chi connectivity index (χ0n) is 13.8. The molecule has 1 aromatic rings. The average molecular weight is 343 g/mol. The van der Waals surface area contributed by atoms with Gasteiger partial charge in [-0.3, -0.25) is 9.59 Å². The maximum absolute atomic E-state index is 13.0. The van der Waals surface area contributed by atoms with Crippen LogP contribution in [0.4, 0.5) is 5.69 Å². The summed E-state index contributed by atoms with van der Waals surface area (Å²) in [5, 5.41) is 9.79. The number of rotatable bonds is 3. The predicted octanol–water partition coefficient (Wildman–Crippen LogP) is 0.669. The van der Waals surface area contributed by atoms with E-state index in [0.29, 0.717) is 5.69 Å². The summed E-state index contributed by atoms with van der Waals surface area (Å²) in [5.41, 5.74) is -1.53. The standard InChI is InChI=1S/C18H17NO6/c1-17-6-7-18(9-20,25-17)13-12(17)14(21)19(15(13)22)11-5-3-4-10(8-11)16(23)24-2/h3-8,12-13,20H,9H2,1-2H3/t12-,13+,17+,18-/m0/s1. The molecule has 1 N–H and O–H groups in total. The van der Waals surface area contributed by atoms with E-state index in [9.17, 15) is 19.5 Å². The Morgan fingerprint density at radius 1 is 1.28 bits per heavy atom. The number of imide groups is 1. The molecule has 4 atom stereocenters. The van der Waals surface area contributed by atoms with Crippen LogP contribution < -0.4 is 4.90 Å². The van der Waals surface area contributed by atoms with Crippen LogP contribution in [-0.4, -0.2) is 47.8 Å². The fraction of sp³-hybridized carbons (Fsp3) is 0.389. The van der Waals surface area contributed by atoms with Crippen LogP contribution in [0.1, 0.15) is 17.3 Å². The Bertz CT molecular complexity index is 833. The van der Waals surface area contributed by atoms with Gasteiger partial charge in [0.1, 0.15) is 5.60 Å². The highest BCUT2D eigenvalue weighted by Gasteiger charge is 2.72. The fourth-order valence-electron chi connectivity index (χ4n) is 4.19. The van der Waals surface area contributed by atoms with E-state index in [-0.39, 0.29) is 18.1 Å². The fourth-order valence-corrected chi connectivity index (χ4v) is 4.19. The van der Waals surface area contributed by atoms with Crippen LogP contribution in [0.25, 0.3) is 0 Å². The lowest BCUT2D eigenvalue weighted by Gasteiger charge is -2.27. The van der Waals surface area contributed by atoms with Crippen LogP contribution in [0.2, 0.25) is 0 Å². The molecule has 2 amide bonds. The Morgan fingerprint density at radius 3 is 2.68 bits per heavy atom. The Morgan fingerprint density at radius 2 is 2.00 bits per heavy atom. The van der Waals surface area contributed by atoms with E-state index in [2.05, 4.69) is 4.74 Å². The van der Waals surface area contributed by atoms with Crippen LogP contribution in [-0.2, 0) is 19.1 Å². The second-order valence-corrected chi connectivity index (χ2v) is 6.74. The van der Waals surface area contributed by atoms with Gasteiger partial charge in [-0.25, -0.2) is 9.69 Å². The first-order valence-electron chi connectivity index (χ1n) is 7.94. The number of aliphatic hydroxyl groups excluding tert-OH is 1. The van der Waals surface area contributed by atoms with Crippen molar-refractivity contribution >= 4 is 23.5 Å². The Hall–Kier alpha value is -2.51. The summed E-state index contributed by atoms with van der Waals surface area (Å²) in [6.45, 7) is 1.36. The smallest absolute Gasteiger partial charge is 0.337 e. The molecule has 7 nitrogen and oxygen atoms in total. The molecule has 0 radical (unpaired) electrons. The van der Waals surface area contributed by atoms with Crippen LogP contribution in [0, 0.1) is 11.8 Å². The van der Waals surface area contributed by atoms with Crippen molar-refractivity contribution in [3.05, 3.63) is 42.0 Å². The minimum Gasteiger partial charge on any atom is -0.465 e. The largest absolute Gasteiger partial charge is 0.465 e. The van der Waals surface area contributed by atoms with E-state index in [1.807, 2.05) is 0 Å². The highest BCUT2D eigenvalue weighted by atomic mass is 16.5. The third-order valence-electron chi connectivity index (χ3n) is 5.33. The third-order valence-corrected chi connectivity index (χ3v) is 5.33. The van der Waals surface area contributed by atoms with Gasteiger partial charge in [-0.15, -0.1) is 0 Å². The number of anilines is 1. The van der Waals surface area contributed by atoms with Gasteiger partial charge in [-0.05, 0) is 25.1 Å². The molecule has 1 aromatic carbocycles. The molecule has 2 fully saturated rings. The van der Waals surface area contributed by atoms with Gasteiger partial charge in [0.05, 0.1) is 42.4 Å². The molecule has 3 aliphatic rings. The summed E-state index contributed by atoms with van der Waals surface area (Å²) in [6.07, 6.45) is 3.41. The molecule has 0 spiro atoms. The molecule has 3 heterocycles. The Labute approximate surface area is 143 Å². The van der Waals surface area contributed by atoms with Gasteiger partial charge >= 0.3 is 5.97 Å². The van der Waals surface area contributed by atoms with E-state index in [1.165, 1.54) is 13.2 Å². The molecule has 7 heteroatoms. The van der Waals surface area contributed by atoms with E-state index in [1.54, 1.807) is 37.3 Å². The molecule has 4 rings (SSSR count). The predicted molar refractivity (Wildman–Crippen MR) is 85.7 cm³/mol. The number of esters is 1. The van der Waals surface area contributed by atoms with Crippen molar-refractivity contribution in [1.29, 1.82) is 0 Å². The number of aliphatic hydroxyl groups is 1. The van der Waals surface area contributed by atoms with Crippen molar-refractivity contribution in [1.82, 2.24) is 0 Å². The quantitative estimate of drug-likeness (QED) is 0.493. The zero-order valence-corrected chi connectivity index (χ0v) is 13.8. The monoisotopic (exact) mass is 343 g/mol. The van der Waals surface area contributed by atoms with Crippen LogP contribution in [0.3, 0.4) is 0 Å². The molecular weight excluding hydrogens is 326 g/mol. The summed E-state index contributed by atoms with van der Waals surface area (Å²) >= 11 is 0. The maximum atomic E-state index is 13.0. The van der Waals surface area contributed by atoms with Gasteiger partial charge in [-0.2, -0.15) is 0 Å². The summed E-state index contributed by atoms with van der Waals surface area (Å²) in [6, 6.07) is 6.18. The number of nitrogens with zero attached hydrogens (tertiary/aromatic N) is 1. The SMILES string of the molecule is COC(=O)c1cccc(N2C(=O)[C@@H]3[C@H](C2=O)[C@@]2(CO)C=C[C@@]3(C)O2)c1. The van der Waals surface area contributed by atoms with Gasteiger partial charge in [0, 0.05) is 0 Å². The summed E-state index contributed by atoms with van der Waals surface area (Å²) in [4.78, 5) is 38.8. The first-order valence-corrected chi connectivity index (χ1v) is 7.94. The summed E-state index contributed by atoms with van der Waals surface area (Å²) in [7, 11) is 1.26. The van der Waals surface area contributed by atoms with Crippen molar-refractivity contribution in [2.75, 3.05) is 18.6 Å². The van der Waals surface area contributed by atoms with E-state index in [4.69, 9.17) is 4.74 Å². The molecule has 2 bridgehead atoms. The topological polar surface area (TPSA) is 93.1 Å². The van der Waals surface area contributed by atoms with E-state index < -0.39 is 34.9 Å². The van der Waals surface area contributed by atoms with Crippen molar-refractivity contribution in [2.24, 2.45) is 11.8 Å². The highest BCUT2D eigenvalue weighted by molar-refractivity contribution is 6.23. The second-order valence-electron chi connectivity index (χ2n) is 6.74. The van der Waals surface area contributed by atoms with E-state index >= 15 is 0 Å². The summed E-state index contributed by atoms with van der Waals surface area (Å²) in [5.74, 6) is -2.84. The van der Waals surface area contributed by atoms with Crippen molar-refractivity contribution in [2.45, 2.75) is 18.1 Å². The minimum absolute atomic E-state index is 0.248. The molecule has 0 unspecified atom stereocenters. The number of hydrogen-bond donors (Lipinski definition) is 1. The minimum atomic E-state index is -1.17. The first kappa shape index (κ1) is 16.0. The van der Waals surface area contributed by atoms with Crippen molar-refractivity contribution in [3.63, 3.8) is 0 Å². The molecule has 130 valence electrons. The number of amides is 2. The molecule has 0 saturated carbocycles. The van der Waals surface area contributed by atoms with Gasteiger partial charge in [-0.1, -0.05) is 18.2 Å². The van der Waals surface area contributed by atoms with Crippen LogP contribution >= 0.6 is 0 Å². The van der Waals surface area contributed by atoms with Crippen LogP contribution in [0.5, 0.6) is 0 Å². The normalized spacial score (nSPS) is 35.4. The molecule has 2 saturated heterocycles.